The molecule has 2 aromatic carbocycles. The Balaban J connectivity index is 2.21. The molecule has 0 bridgehead atoms. The number of aliphatic hydroxyl groups is 1. The van der Waals surface area contributed by atoms with E-state index in [1.165, 1.54) is 4.90 Å². The number of hydrogen-bond donors (Lipinski definition) is 2. The van der Waals surface area contributed by atoms with Gasteiger partial charge in [0.15, 0.2) is 0 Å². The summed E-state index contributed by atoms with van der Waals surface area (Å²) in [5.74, 6) is -0.892. The van der Waals surface area contributed by atoms with Gasteiger partial charge in [-0.05, 0) is 35.4 Å². The minimum absolute atomic E-state index is 0.166. The van der Waals surface area contributed by atoms with Crippen LogP contribution in [0.2, 0.25) is 0 Å². The lowest BCUT2D eigenvalue weighted by Crippen LogP contribution is -2.22. The van der Waals surface area contributed by atoms with Crippen LogP contribution in [0, 0.1) is 5.82 Å². The molecule has 2 N–H and O–H groups in total. The van der Waals surface area contributed by atoms with Gasteiger partial charge in [-0.25, -0.2) is 9.37 Å². The number of amides is 1. The number of carbonyl (C=O) groups is 1. The van der Waals surface area contributed by atoms with Gasteiger partial charge in [-0.2, -0.15) is 0 Å². The van der Waals surface area contributed by atoms with Crippen LogP contribution in [0.4, 0.5) is 4.39 Å². The van der Waals surface area contributed by atoms with Gasteiger partial charge in [-0.1, -0.05) is 6.07 Å². The van der Waals surface area contributed by atoms with E-state index in [4.69, 9.17) is 0 Å². The van der Waals surface area contributed by atoms with Crippen molar-refractivity contribution in [3.05, 3.63) is 53.6 Å². The van der Waals surface area contributed by atoms with E-state index in [0.29, 0.717) is 11.1 Å². The monoisotopic (exact) mass is 313 g/mol. The third-order valence-corrected chi connectivity index (χ3v) is 3.74. The van der Waals surface area contributed by atoms with Crippen LogP contribution in [0.15, 0.2) is 36.7 Å². The Bertz CT molecular complexity index is 887. The van der Waals surface area contributed by atoms with Crippen molar-refractivity contribution in [1.29, 1.82) is 0 Å². The van der Waals surface area contributed by atoms with Gasteiger partial charge < -0.3 is 15.0 Å². The second kappa shape index (κ2) is 5.81. The maximum Gasteiger partial charge on any atom is 0.253 e. The molecular weight excluding hydrogens is 297 g/mol. The number of halogens is 1. The van der Waals surface area contributed by atoms with E-state index in [-0.39, 0.29) is 17.0 Å². The van der Waals surface area contributed by atoms with E-state index in [9.17, 15) is 14.3 Å². The van der Waals surface area contributed by atoms with Crippen molar-refractivity contribution in [2.24, 2.45) is 0 Å². The fourth-order valence-electron chi connectivity index (χ4n) is 2.54. The van der Waals surface area contributed by atoms with E-state index in [2.05, 4.69) is 9.97 Å². The molecule has 1 amide bonds. The molecule has 0 unspecified atom stereocenters. The molecule has 0 fully saturated rings. The molecule has 0 aliphatic rings. The van der Waals surface area contributed by atoms with E-state index in [0.717, 1.165) is 17.1 Å². The summed E-state index contributed by atoms with van der Waals surface area (Å²) in [6.45, 7) is -0.446. The van der Waals surface area contributed by atoms with Gasteiger partial charge in [0, 0.05) is 25.2 Å². The number of benzene rings is 2. The maximum absolute atomic E-state index is 14.3. The smallest absolute Gasteiger partial charge is 0.253 e. The first-order chi connectivity index (χ1) is 11.0. The van der Waals surface area contributed by atoms with Gasteiger partial charge in [0.05, 0.1) is 24.0 Å². The van der Waals surface area contributed by atoms with E-state index in [1.807, 2.05) is 6.07 Å². The Hall–Kier alpha value is -2.73. The predicted octanol–water partition coefficient (Wildman–Crippen LogP) is 2.56. The van der Waals surface area contributed by atoms with Gasteiger partial charge in [0.2, 0.25) is 0 Å². The third-order valence-electron chi connectivity index (χ3n) is 3.74. The average Bonchev–Trinajstić information content (AvgIpc) is 3.00. The first-order valence-electron chi connectivity index (χ1n) is 7.09. The molecule has 3 rings (SSSR count). The van der Waals surface area contributed by atoms with Crippen molar-refractivity contribution in [3.63, 3.8) is 0 Å². The summed E-state index contributed by atoms with van der Waals surface area (Å²) in [7, 11) is 3.22. The van der Waals surface area contributed by atoms with Crippen molar-refractivity contribution in [1.82, 2.24) is 14.9 Å². The van der Waals surface area contributed by atoms with Gasteiger partial charge in [-0.15, -0.1) is 0 Å². The normalized spacial score (nSPS) is 11.0. The highest BCUT2D eigenvalue weighted by Crippen LogP contribution is 2.29. The fourth-order valence-corrected chi connectivity index (χ4v) is 2.54. The molecule has 0 atom stereocenters. The van der Waals surface area contributed by atoms with E-state index >= 15 is 0 Å². The summed E-state index contributed by atoms with van der Waals surface area (Å²) in [5, 5.41) is 9.52. The van der Waals surface area contributed by atoms with Crippen LogP contribution in [0.5, 0.6) is 0 Å². The zero-order chi connectivity index (χ0) is 16.6. The summed E-state index contributed by atoms with van der Waals surface area (Å²) in [4.78, 5) is 20.7. The second-order valence-corrected chi connectivity index (χ2v) is 5.48. The van der Waals surface area contributed by atoms with Gasteiger partial charge in [0.25, 0.3) is 5.91 Å². The van der Waals surface area contributed by atoms with Crippen LogP contribution in [0.1, 0.15) is 15.9 Å². The standard InChI is InChI=1S/C17H16FN3O2/c1-21(2)17(23)11-5-12(13(8-22)14(18)6-11)10-3-4-15-16(7-10)20-9-19-15/h3-7,9,22H,8H2,1-2H3,(H,19,20). The number of hydrogen-bond acceptors (Lipinski definition) is 3. The SMILES string of the molecule is CN(C)C(=O)c1cc(F)c(CO)c(-c2ccc3nc[nH]c3c2)c1. The minimum Gasteiger partial charge on any atom is -0.392 e. The van der Waals surface area contributed by atoms with Crippen LogP contribution in [-0.2, 0) is 6.61 Å². The van der Waals surface area contributed by atoms with Crippen molar-refractivity contribution >= 4 is 16.9 Å². The molecule has 3 aromatic rings. The van der Waals surface area contributed by atoms with Crippen molar-refractivity contribution < 1.29 is 14.3 Å². The highest BCUT2D eigenvalue weighted by molar-refractivity contribution is 5.96. The van der Waals surface area contributed by atoms with E-state index < -0.39 is 12.4 Å². The number of fused-ring (bicyclic) bond motifs is 1. The minimum atomic E-state index is -0.597. The maximum atomic E-state index is 14.3. The first kappa shape index (κ1) is 15.2. The zero-order valence-electron chi connectivity index (χ0n) is 12.8. The van der Waals surface area contributed by atoms with Crippen molar-refractivity contribution in [3.8, 4) is 11.1 Å². The average molecular weight is 313 g/mol. The number of rotatable bonds is 3. The molecule has 0 saturated heterocycles. The van der Waals surface area contributed by atoms with Crippen LogP contribution < -0.4 is 0 Å². The highest BCUT2D eigenvalue weighted by Gasteiger charge is 2.17. The third kappa shape index (κ3) is 2.68. The number of nitrogens with one attached hydrogen (secondary N) is 1. The topological polar surface area (TPSA) is 69.2 Å². The number of aromatic amines is 1. The molecule has 0 spiro atoms. The molecule has 6 heteroatoms. The molecule has 5 nitrogen and oxygen atoms in total. The molecule has 1 aromatic heterocycles. The number of nitrogens with zero attached hydrogens (tertiary/aromatic N) is 2. The molecule has 0 aliphatic heterocycles. The van der Waals surface area contributed by atoms with Crippen LogP contribution in [0.3, 0.4) is 0 Å². The lowest BCUT2D eigenvalue weighted by molar-refractivity contribution is 0.0827. The molecule has 0 radical (unpaired) electrons. The largest absolute Gasteiger partial charge is 0.392 e. The molecule has 1 heterocycles. The summed E-state index contributed by atoms with van der Waals surface area (Å²) >= 11 is 0. The Morgan fingerprint density at radius 2 is 2.09 bits per heavy atom. The fraction of sp³-hybridized carbons (Fsp3) is 0.176. The Labute approximate surface area is 132 Å². The number of imidazole rings is 1. The lowest BCUT2D eigenvalue weighted by Gasteiger charge is -2.15. The molecule has 0 saturated carbocycles. The summed E-state index contributed by atoms with van der Waals surface area (Å²) < 4.78 is 14.3. The molecule has 0 aliphatic carbocycles. The number of aliphatic hydroxyl groups excluding tert-OH is 1. The van der Waals surface area contributed by atoms with Gasteiger partial charge >= 0.3 is 0 Å². The lowest BCUT2D eigenvalue weighted by atomic mass is 9.96. The quantitative estimate of drug-likeness (QED) is 0.781. The Kier molecular flexibility index (Phi) is 3.83. The van der Waals surface area contributed by atoms with E-state index in [1.54, 1.807) is 38.6 Å². The van der Waals surface area contributed by atoms with Gasteiger partial charge in [-0.3, -0.25) is 4.79 Å². The zero-order valence-corrected chi connectivity index (χ0v) is 12.8. The summed E-state index contributed by atoms with van der Waals surface area (Å²) in [6.07, 6.45) is 1.58. The number of H-pyrrole nitrogens is 1. The highest BCUT2D eigenvalue weighted by atomic mass is 19.1. The predicted molar refractivity (Wildman–Crippen MR) is 85.4 cm³/mol. The Morgan fingerprint density at radius 1 is 1.30 bits per heavy atom. The first-order valence-corrected chi connectivity index (χ1v) is 7.09. The van der Waals surface area contributed by atoms with Crippen LogP contribution in [0.25, 0.3) is 22.2 Å². The van der Waals surface area contributed by atoms with Crippen molar-refractivity contribution in [2.75, 3.05) is 14.1 Å². The summed E-state index contributed by atoms with van der Waals surface area (Å²) in [6, 6.07) is 8.18. The summed E-state index contributed by atoms with van der Waals surface area (Å²) in [5.41, 5.74) is 3.20. The van der Waals surface area contributed by atoms with Gasteiger partial charge in [0.1, 0.15) is 5.82 Å². The Morgan fingerprint density at radius 3 is 2.78 bits per heavy atom. The molecule has 23 heavy (non-hydrogen) atoms. The molecule has 118 valence electrons. The van der Waals surface area contributed by atoms with Crippen LogP contribution >= 0.6 is 0 Å². The molecular formula is C17H16FN3O2. The van der Waals surface area contributed by atoms with Crippen molar-refractivity contribution in [2.45, 2.75) is 6.61 Å². The second-order valence-electron chi connectivity index (χ2n) is 5.48. The number of carbonyl (C=O) groups excluding carboxylic acids is 1. The number of aromatic nitrogens is 2. The van der Waals surface area contributed by atoms with Crippen LogP contribution in [-0.4, -0.2) is 40.0 Å².